The van der Waals surface area contributed by atoms with Crippen LogP contribution in [0.25, 0.3) is 0 Å². The summed E-state index contributed by atoms with van der Waals surface area (Å²) in [5.74, 6) is 0. The molecule has 0 aromatic carbocycles. The molecule has 0 amide bonds. The van der Waals surface area contributed by atoms with Crippen LogP contribution < -0.4 is 0 Å². The first-order chi connectivity index (χ1) is 1.00. The molecule has 1 N–H and O–H groups in total. The summed E-state index contributed by atoms with van der Waals surface area (Å²) >= 11 is -0.0500. The van der Waals surface area contributed by atoms with Gasteiger partial charge in [0.1, 0.15) is 0 Å². The van der Waals surface area contributed by atoms with E-state index in [4.69, 9.17) is 3.44 Å². The number of rotatable bonds is 0. The fourth-order valence-electron chi connectivity index (χ4n) is 0. The van der Waals surface area contributed by atoms with Gasteiger partial charge in [-0.1, -0.05) is 7.43 Å². The van der Waals surface area contributed by atoms with Crippen molar-refractivity contribution in [2.45, 2.75) is 7.43 Å². The zero-order chi connectivity index (χ0) is 2.00. The van der Waals surface area contributed by atoms with E-state index in [9.17, 15) is 0 Å². The Hall–Kier alpha value is 1.38. The van der Waals surface area contributed by atoms with Crippen molar-refractivity contribution in [3.05, 3.63) is 0 Å². The van der Waals surface area contributed by atoms with Crippen molar-refractivity contribution in [2.75, 3.05) is 0 Å². The summed E-state index contributed by atoms with van der Waals surface area (Å²) in [7, 11) is 0. The molecule has 0 atom stereocenters. The molecule has 0 bridgehead atoms. The Balaban J connectivity index is -0.00000000500. The topological polar surface area (TPSA) is 20.2 Å². The molecule has 0 spiro atoms. The van der Waals surface area contributed by atoms with Crippen molar-refractivity contribution in [1.82, 2.24) is 0 Å². The van der Waals surface area contributed by atoms with E-state index in [0.29, 0.717) is 0 Å². The molecule has 0 fully saturated rings. The van der Waals surface area contributed by atoms with Crippen LogP contribution in [0.2, 0.25) is 0 Å². The zero-order valence-corrected chi connectivity index (χ0v) is 10.8. The summed E-state index contributed by atoms with van der Waals surface area (Å²) in [6.07, 6.45) is 0. The van der Waals surface area contributed by atoms with Crippen molar-refractivity contribution in [3.8, 4) is 0 Å². The number of hydrogen-bond donors (Lipinski definition) is 1. The van der Waals surface area contributed by atoms with Gasteiger partial charge >= 0.3 is 26.4 Å². The molecule has 0 radical (unpaired) electrons. The zero-order valence-electron chi connectivity index (χ0n) is 2.15. The maximum absolute atomic E-state index is 7.21. The van der Waals surface area contributed by atoms with Crippen LogP contribution in [-0.4, -0.2) is 26.4 Å². The second kappa shape index (κ2) is 26.2. The third-order valence-corrected chi connectivity index (χ3v) is 0. The van der Waals surface area contributed by atoms with Crippen LogP contribution in [-0.2, 0) is 19.5 Å². The summed E-state index contributed by atoms with van der Waals surface area (Å²) in [5.41, 5.74) is 0. The summed E-state index contributed by atoms with van der Waals surface area (Å²) in [6, 6.07) is 0. The molecule has 24 valence electrons. The summed E-state index contributed by atoms with van der Waals surface area (Å²) in [6.45, 7) is 0. The molecule has 0 unspecified atom stereocenters. The maximum atomic E-state index is 7.21. The second-order valence-electron chi connectivity index (χ2n) is 0. The van der Waals surface area contributed by atoms with Gasteiger partial charge in [0.2, 0.25) is 0 Å². The first-order valence-corrected chi connectivity index (χ1v) is 3.00. The van der Waals surface area contributed by atoms with Crippen LogP contribution in [0.5, 0.6) is 0 Å². The van der Waals surface area contributed by atoms with E-state index < -0.39 is 0 Å². The van der Waals surface area contributed by atoms with Gasteiger partial charge in [-0.15, -0.1) is 0 Å². The Morgan fingerprint density at radius 2 is 1.25 bits per heavy atom. The maximum Gasteiger partial charge on any atom is 0 e. The third-order valence-electron chi connectivity index (χ3n) is 0. The predicted molar refractivity (Wildman–Crippen MR) is 18.9 cm³/mol. The Labute approximate surface area is 53.2 Å². The smallest absolute Gasteiger partial charge is 0 e. The van der Waals surface area contributed by atoms with Gasteiger partial charge in [-0.2, -0.15) is 0 Å². The summed E-state index contributed by atoms with van der Waals surface area (Å²) in [5, 5.41) is 0. The summed E-state index contributed by atoms with van der Waals surface area (Å²) in [4.78, 5) is 0. The van der Waals surface area contributed by atoms with Crippen molar-refractivity contribution in [3.63, 3.8) is 0 Å². The van der Waals surface area contributed by atoms with E-state index in [0.717, 1.165) is 0 Å². The Bertz CT molecular complexity index is 8.00. The first-order valence-electron chi connectivity index (χ1n) is 0.447. The Morgan fingerprint density at radius 1 is 1.25 bits per heavy atom. The van der Waals surface area contributed by atoms with E-state index in [1.807, 2.05) is 0 Å². The van der Waals surface area contributed by atoms with Gasteiger partial charge < -0.3 is 0 Å². The minimum Gasteiger partial charge on any atom is 0 e. The molecule has 0 saturated heterocycles. The van der Waals surface area contributed by atoms with E-state index in [-0.39, 0.29) is 49.8 Å². The molecule has 0 aliphatic rings. The molecule has 0 aromatic rings. The molecule has 0 saturated carbocycles. The monoisotopic (exact) mass is 220 g/mol. The van der Waals surface area contributed by atoms with Crippen LogP contribution >= 0.6 is 0 Å². The first kappa shape index (κ1) is 18.2. The van der Waals surface area contributed by atoms with Crippen LogP contribution in [0.3, 0.4) is 0 Å². The van der Waals surface area contributed by atoms with Gasteiger partial charge in [-0.3, -0.25) is 0 Å². The quantitative estimate of drug-likeness (QED) is 0.513. The van der Waals surface area contributed by atoms with Gasteiger partial charge in [-0.25, -0.2) is 0 Å². The van der Waals surface area contributed by atoms with Gasteiger partial charge in [-0.05, 0) is 0 Å². The van der Waals surface area contributed by atoms with Crippen LogP contribution in [0.1, 0.15) is 7.43 Å². The van der Waals surface area contributed by atoms with Crippen molar-refractivity contribution in [1.29, 1.82) is 0 Å². The average Bonchev–Trinajstić information content (AvgIpc) is 1.00. The largest absolute Gasteiger partial charge is 0 e. The summed E-state index contributed by atoms with van der Waals surface area (Å²) < 4.78 is 7.21. The van der Waals surface area contributed by atoms with Crippen molar-refractivity contribution in [2.24, 2.45) is 0 Å². The van der Waals surface area contributed by atoms with Crippen molar-refractivity contribution >= 4 is 22.9 Å². The van der Waals surface area contributed by atoms with Gasteiger partial charge in [0.05, 0.1) is 0 Å². The minimum atomic E-state index is -0.0500. The number of hydrogen-bond acceptors (Lipinski definition) is 1. The Kier molecular flexibility index (Phi) is 119. The van der Waals surface area contributed by atoms with E-state index in [1.54, 1.807) is 0 Å². The Morgan fingerprint density at radius 3 is 1.25 bits per heavy atom. The van der Waals surface area contributed by atoms with Crippen LogP contribution in [0.15, 0.2) is 0 Å². The molecule has 3 heteroatoms. The van der Waals surface area contributed by atoms with Gasteiger partial charge in [0.15, 0.2) is 0 Å². The molecule has 0 heterocycles. The second-order valence-corrected chi connectivity index (χ2v) is 0. The molecular formula is CH8OSnZn. The molecular weight excluding hydrogens is 212 g/mol. The molecule has 4 heavy (non-hydrogen) atoms. The third kappa shape index (κ3) is 10.0. The van der Waals surface area contributed by atoms with E-state index in [2.05, 4.69) is 0 Å². The average molecular weight is 220 g/mol. The minimum absolute atomic E-state index is 0. The van der Waals surface area contributed by atoms with Crippen LogP contribution in [0, 0.1) is 0 Å². The molecule has 0 aliphatic carbocycles. The predicted octanol–water partition coefficient (Wildman–Crippen LogP) is -1.11. The van der Waals surface area contributed by atoms with Crippen molar-refractivity contribution < 1.29 is 22.9 Å². The fraction of sp³-hybridized carbons (Fsp3) is 1.00. The van der Waals surface area contributed by atoms with Crippen LogP contribution in [0.4, 0.5) is 0 Å². The van der Waals surface area contributed by atoms with Gasteiger partial charge in [0, 0.05) is 19.5 Å². The normalized spacial score (nSPS) is 2.25. The SMILES string of the molecule is C.[OH][SnH3].[Zn]. The molecule has 0 aliphatic heterocycles. The molecule has 1 nitrogen and oxygen atoms in total. The fourth-order valence-corrected chi connectivity index (χ4v) is 0. The van der Waals surface area contributed by atoms with E-state index in [1.165, 1.54) is 0 Å². The molecule has 0 aromatic heterocycles. The van der Waals surface area contributed by atoms with Gasteiger partial charge in [0.25, 0.3) is 0 Å². The van der Waals surface area contributed by atoms with E-state index >= 15 is 0 Å². The standard InChI is InChI=1S/CH4.H2O.Sn.Zn.3H/h1H4;1H2;;;;;/q;;+1;;;;/p-1. The molecule has 0 rings (SSSR count).